The number of H-pyrrole nitrogens is 1. The third kappa shape index (κ3) is 2.73. The van der Waals surface area contributed by atoms with E-state index >= 15 is 0 Å². The number of imidazole rings is 1. The van der Waals surface area contributed by atoms with Crippen molar-refractivity contribution in [2.45, 2.75) is 32.2 Å². The average molecular weight is 325 g/mol. The minimum Gasteiger partial charge on any atom is -0.441 e. The zero-order valence-corrected chi connectivity index (χ0v) is 13.5. The number of nitrogens with one attached hydrogen (secondary N) is 2. The van der Waals surface area contributed by atoms with E-state index in [0.717, 1.165) is 42.7 Å². The Balaban J connectivity index is 1.54. The summed E-state index contributed by atoms with van der Waals surface area (Å²) in [6.07, 6.45) is 6.54. The number of aryl methyl sites for hydroxylation is 1. The van der Waals surface area contributed by atoms with Crippen LogP contribution in [0.5, 0.6) is 0 Å². The molecule has 0 bridgehead atoms. The molecule has 2 N–H and O–H groups in total. The van der Waals surface area contributed by atoms with Gasteiger partial charge in [-0.15, -0.1) is 0 Å². The van der Waals surface area contributed by atoms with Crippen molar-refractivity contribution in [1.82, 2.24) is 19.9 Å². The third-order valence-electron chi connectivity index (χ3n) is 4.34. The van der Waals surface area contributed by atoms with Crippen molar-refractivity contribution in [2.24, 2.45) is 0 Å². The van der Waals surface area contributed by atoms with Crippen LogP contribution in [0.3, 0.4) is 0 Å². The Hall–Kier alpha value is -2.83. The fourth-order valence-electron chi connectivity index (χ4n) is 3.23. The highest BCUT2D eigenvalue weighted by molar-refractivity contribution is 5.92. The maximum absolute atomic E-state index is 12.7. The summed E-state index contributed by atoms with van der Waals surface area (Å²) in [4.78, 5) is 26.3. The van der Waals surface area contributed by atoms with Gasteiger partial charge in [0.15, 0.2) is 11.5 Å². The number of benzene rings is 1. The molecule has 1 aliphatic rings. The molecule has 4 rings (SSSR count). The van der Waals surface area contributed by atoms with Gasteiger partial charge in [0.2, 0.25) is 0 Å². The van der Waals surface area contributed by atoms with E-state index in [1.54, 1.807) is 19.3 Å². The predicted molar refractivity (Wildman–Crippen MR) is 89.7 cm³/mol. The van der Waals surface area contributed by atoms with Crippen LogP contribution in [0.4, 0.5) is 10.5 Å². The Morgan fingerprint density at radius 3 is 3.17 bits per heavy atom. The number of rotatable bonds is 2. The number of likely N-dealkylation sites (tertiary alicyclic amines) is 1. The van der Waals surface area contributed by atoms with Gasteiger partial charge in [0.25, 0.3) is 0 Å². The first-order valence-corrected chi connectivity index (χ1v) is 8.15. The first kappa shape index (κ1) is 14.7. The first-order chi connectivity index (χ1) is 11.7. The van der Waals surface area contributed by atoms with E-state index in [4.69, 9.17) is 4.42 Å². The van der Waals surface area contributed by atoms with Gasteiger partial charge in [-0.2, -0.15) is 0 Å². The first-order valence-electron chi connectivity index (χ1n) is 8.15. The summed E-state index contributed by atoms with van der Waals surface area (Å²) in [6.45, 7) is 2.53. The molecule has 0 unspecified atom stereocenters. The second kappa shape index (κ2) is 5.99. The molecule has 0 radical (unpaired) electrons. The number of carbonyl (C=O) groups is 1. The van der Waals surface area contributed by atoms with Gasteiger partial charge >= 0.3 is 6.03 Å². The van der Waals surface area contributed by atoms with Crippen LogP contribution in [0.1, 0.15) is 37.0 Å². The normalized spacial score (nSPS) is 18.0. The lowest BCUT2D eigenvalue weighted by molar-refractivity contribution is 0.160. The van der Waals surface area contributed by atoms with E-state index in [1.165, 1.54) is 0 Å². The molecular weight excluding hydrogens is 306 g/mol. The van der Waals surface area contributed by atoms with E-state index in [0.29, 0.717) is 11.6 Å². The molecular formula is C17H19N5O2. The molecule has 0 saturated carbocycles. The van der Waals surface area contributed by atoms with Gasteiger partial charge in [0.05, 0.1) is 6.04 Å². The summed E-state index contributed by atoms with van der Waals surface area (Å²) >= 11 is 0. The van der Waals surface area contributed by atoms with Crippen LogP contribution in [-0.4, -0.2) is 32.4 Å². The minimum absolute atomic E-state index is 0.00761. The predicted octanol–water partition coefficient (Wildman–Crippen LogP) is 3.62. The number of oxazole rings is 1. The molecule has 7 nitrogen and oxygen atoms in total. The topological polar surface area (TPSA) is 87.0 Å². The van der Waals surface area contributed by atoms with E-state index in [9.17, 15) is 4.79 Å². The highest BCUT2D eigenvalue weighted by Gasteiger charge is 2.29. The Kier molecular flexibility index (Phi) is 3.68. The number of nitrogens with zero attached hydrogens (tertiary/aromatic N) is 3. The quantitative estimate of drug-likeness (QED) is 0.753. The SMILES string of the molecule is Cc1nc2cc(NC(=O)N3CCCC[C@H]3c3ncc[nH]3)ccc2o1. The highest BCUT2D eigenvalue weighted by Crippen LogP contribution is 2.29. The Labute approximate surface area is 139 Å². The lowest BCUT2D eigenvalue weighted by atomic mass is 10.0. The van der Waals surface area contributed by atoms with Crippen LogP contribution < -0.4 is 5.32 Å². The second-order valence-electron chi connectivity index (χ2n) is 6.02. The maximum Gasteiger partial charge on any atom is 0.322 e. The van der Waals surface area contributed by atoms with Gasteiger partial charge < -0.3 is 19.6 Å². The molecule has 1 atom stereocenters. The Morgan fingerprint density at radius 1 is 1.42 bits per heavy atom. The van der Waals surface area contributed by atoms with Gasteiger partial charge in [0, 0.05) is 31.5 Å². The zero-order valence-electron chi connectivity index (χ0n) is 13.5. The molecule has 3 heterocycles. The van der Waals surface area contributed by atoms with Gasteiger partial charge in [-0.25, -0.2) is 14.8 Å². The number of anilines is 1. The smallest absolute Gasteiger partial charge is 0.322 e. The van der Waals surface area contributed by atoms with Crippen LogP contribution in [0.25, 0.3) is 11.1 Å². The van der Waals surface area contributed by atoms with Crippen LogP contribution in [-0.2, 0) is 0 Å². The number of fused-ring (bicyclic) bond motifs is 1. The molecule has 7 heteroatoms. The second-order valence-corrected chi connectivity index (χ2v) is 6.02. The largest absolute Gasteiger partial charge is 0.441 e. The van der Waals surface area contributed by atoms with E-state index in [2.05, 4.69) is 20.3 Å². The van der Waals surface area contributed by atoms with Crippen molar-refractivity contribution in [3.63, 3.8) is 0 Å². The number of aromatic nitrogens is 3. The van der Waals surface area contributed by atoms with Crippen molar-refractivity contribution in [2.75, 3.05) is 11.9 Å². The fraction of sp³-hybridized carbons (Fsp3) is 0.353. The number of carbonyl (C=O) groups excluding carboxylic acids is 1. The van der Waals surface area contributed by atoms with Gasteiger partial charge in [-0.3, -0.25) is 0 Å². The van der Waals surface area contributed by atoms with E-state index in [1.807, 2.05) is 23.1 Å². The Morgan fingerprint density at radius 2 is 2.33 bits per heavy atom. The molecule has 3 aromatic rings. The number of hydrogen-bond donors (Lipinski definition) is 2. The number of aromatic amines is 1. The Bertz CT molecular complexity index is 855. The third-order valence-corrected chi connectivity index (χ3v) is 4.34. The fourth-order valence-corrected chi connectivity index (χ4v) is 3.23. The van der Waals surface area contributed by atoms with Crippen LogP contribution >= 0.6 is 0 Å². The summed E-state index contributed by atoms with van der Waals surface area (Å²) in [7, 11) is 0. The van der Waals surface area contributed by atoms with E-state index in [-0.39, 0.29) is 12.1 Å². The van der Waals surface area contributed by atoms with Gasteiger partial charge in [-0.1, -0.05) is 0 Å². The van der Waals surface area contributed by atoms with Crippen molar-refractivity contribution >= 4 is 22.8 Å². The number of urea groups is 1. The standard InChI is InChI=1S/C17H19N5O2/c1-11-20-13-10-12(5-6-15(13)24-11)21-17(23)22-9-3-2-4-14(22)16-18-7-8-19-16/h5-8,10,14H,2-4,9H2,1H3,(H,18,19)(H,21,23)/t14-/m0/s1. The summed E-state index contributed by atoms with van der Waals surface area (Å²) in [5.74, 6) is 1.45. The van der Waals surface area contributed by atoms with Crippen molar-refractivity contribution in [3.8, 4) is 0 Å². The molecule has 1 aromatic carbocycles. The monoisotopic (exact) mass is 325 g/mol. The molecule has 1 saturated heterocycles. The van der Waals surface area contributed by atoms with Crippen molar-refractivity contribution in [1.29, 1.82) is 0 Å². The molecule has 2 aromatic heterocycles. The molecule has 0 aliphatic carbocycles. The summed E-state index contributed by atoms with van der Waals surface area (Å²) in [5.41, 5.74) is 2.17. The summed E-state index contributed by atoms with van der Waals surface area (Å²) in [6, 6.07) is 5.36. The van der Waals surface area contributed by atoms with Gasteiger partial charge in [0.1, 0.15) is 11.3 Å². The van der Waals surface area contributed by atoms with Crippen LogP contribution in [0.2, 0.25) is 0 Å². The highest BCUT2D eigenvalue weighted by atomic mass is 16.3. The molecule has 124 valence electrons. The number of hydrogen-bond acceptors (Lipinski definition) is 4. The molecule has 24 heavy (non-hydrogen) atoms. The zero-order chi connectivity index (χ0) is 16.5. The summed E-state index contributed by atoms with van der Waals surface area (Å²) < 4.78 is 5.46. The lowest BCUT2D eigenvalue weighted by Gasteiger charge is -2.34. The molecule has 1 fully saturated rings. The van der Waals surface area contributed by atoms with Crippen LogP contribution in [0.15, 0.2) is 35.0 Å². The van der Waals surface area contributed by atoms with Crippen molar-refractivity contribution < 1.29 is 9.21 Å². The van der Waals surface area contributed by atoms with Crippen LogP contribution in [0, 0.1) is 6.92 Å². The molecule has 1 aliphatic heterocycles. The number of amides is 2. The molecule has 0 spiro atoms. The number of piperidine rings is 1. The lowest BCUT2D eigenvalue weighted by Crippen LogP contribution is -2.41. The van der Waals surface area contributed by atoms with Crippen molar-refractivity contribution in [3.05, 3.63) is 42.3 Å². The minimum atomic E-state index is -0.115. The maximum atomic E-state index is 12.7. The average Bonchev–Trinajstić information content (AvgIpc) is 3.23. The summed E-state index contributed by atoms with van der Waals surface area (Å²) in [5, 5.41) is 2.97. The van der Waals surface area contributed by atoms with Gasteiger partial charge in [-0.05, 0) is 37.5 Å². The van der Waals surface area contributed by atoms with E-state index < -0.39 is 0 Å². The molecule has 2 amide bonds.